The lowest BCUT2D eigenvalue weighted by atomic mass is 9.91. The number of aliphatic hydroxyl groups is 1. The second-order valence-electron chi connectivity index (χ2n) is 5.96. The van der Waals surface area contributed by atoms with E-state index in [1.54, 1.807) is 7.11 Å². The third kappa shape index (κ3) is 3.02. The van der Waals surface area contributed by atoms with Gasteiger partial charge in [-0.05, 0) is 70.6 Å². The van der Waals surface area contributed by atoms with Crippen molar-refractivity contribution < 1.29 is 14.6 Å². The Labute approximate surface area is 128 Å². The first-order valence-electron chi connectivity index (χ1n) is 7.28. The summed E-state index contributed by atoms with van der Waals surface area (Å²) < 4.78 is 11.5. The van der Waals surface area contributed by atoms with Gasteiger partial charge in [-0.25, -0.2) is 0 Å². The van der Waals surface area contributed by atoms with Gasteiger partial charge in [0, 0.05) is 7.11 Å². The van der Waals surface area contributed by atoms with Crippen molar-refractivity contribution in [1.82, 2.24) is 0 Å². The fourth-order valence-electron chi connectivity index (χ4n) is 3.34. The van der Waals surface area contributed by atoms with E-state index in [1.807, 2.05) is 18.2 Å². The summed E-state index contributed by atoms with van der Waals surface area (Å²) in [4.78, 5) is 0. The molecule has 2 saturated carbocycles. The van der Waals surface area contributed by atoms with E-state index in [2.05, 4.69) is 15.9 Å². The molecule has 0 spiro atoms. The summed E-state index contributed by atoms with van der Waals surface area (Å²) in [7, 11) is 1.66. The highest BCUT2D eigenvalue weighted by Crippen LogP contribution is 2.57. The number of aliphatic hydroxyl groups excluding tert-OH is 1. The minimum absolute atomic E-state index is 0.341. The lowest BCUT2D eigenvalue weighted by Crippen LogP contribution is -2.11. The molecule has 1 aromatic carbocycles. The highest BCUT2D eigenvalue weighted by Gasteiger charge is 2.47. The van der Waals surface area contributed by atoms with Crippen LogP contribution in [0.2, 0.25) is 0 Å². The molecule has 110 valence electrons. The lowest BCUT2D eigenvalue weighted by Gasteiger charge is -2.20. The molecule has 0 amide bonds. The van der Waals surface area contributed by atoms with Gasteiger partial charge in [0.1, 0.15) is 12.4 Å². The summed E-state index contributed by atoms with van der Waals surface area (Å²) in [6, 6.07) is 5.88. The monoisotopic (exact) mass is 340 g/mol. The number of hydrogen-bond donors (Lipinski definition) is 1. The number of methoxy groups -OCH3 is 1. The number of halogens is 1. The van der Waals surface area contributed by atoms with Crippen molar-refractivity contribution in [1.29, 1.82) is 0 Å². The molecule has 2 aliphatic carbocycles. The first-order chi connectivity index (χ1) is 9.69. The van der Waals surface area contributed by atoms with Crippen LogP contribution in [0.4, 0.5) is 0 Å². The van der Waals surface area contributed by atoms with Crippen LogP contribution in [0.15, 0.2) is 22.7 Å². The Morgan fingerprint density at radius 2 is 2.00 bits per heavy atom. The zero-order chi connectivity index (χ0) is 14.1. The van der Waals surface area contributed by atoms with Crippen LogP contribution in [0.5, 0.6) is 5.75 Å². The number of hydrogen-bond acceptors (Lipinski definition) is 3. The van der Waals surface area contributed by atoms with Crippen molar-refractivity contribution in [2.45, 2.75) is 25.4 Å². The standard InChI is InChI=1S/C16H21BrO3/c1-19-4-5-20-15-3-2-10(9-14(15)17)16(18)13-7-11-6-12(11)8-13/h2-3,9,11-13,16,18H,4-8H2,1H3. The summed E-state index contributed by atoms with van der Waals surface area (Å²) in [5.41, 5.74) is 0.988. The average Bonchev–Trinajstić information content (AvgIpc) is 3.06. The smallest absolute Gasteiger partial charge is 0.133 e. The largest absolute Gasteiger partial charge is 0.490 e. The fourth-order valence-corrected chi connectivity index (χ4v) is 3.86. The number of rotatable bonds is 6. The average molecular weight is 341 g/mol. The van der Waals surface area contributed by atoms with Gasteiger partial charge in [-0.2, -0.15) is 0 Å². The molecule has 1 aromatic rings. The molecule has 0 saturated heterocycles. The molecule has 0 aromatic heterocycles. The quantitative estimate of drug-likeness (QED) is 0.804. The minimum Gasteiger partial charge on any atom is -0.490 e. The molecule has 20 heavy (non-hydrogen) atoms. The zero-order valence-corrected chi connectivity index (χ0v) is 13.3. The molecule has 3 nitrogen and oxygen atoms in total. The van der Waals surface area contributed by atoms with Crippen molar-refractivity contribution in [3.8, 4) is 5.75 Å². The van der Waals surface area contributed by atoms with Gasteiger partial charge in [0.2, 0.25) is 0 Å². The molecule has 2 aliphatic rings. The van der Waals surface area contributed by atoms with E-state index >= 15 is 0 Å². The van der Waals surface area contributed by atoms with Crippen molar-refractivity contribution in [3.63, 3.8) is 0 Å². The Bertz CT molecular complexity index is 467. The Balaban J connectivity index is 1.63. The Morgan fingerprint density at radius 3 is 2.65 bits per heavy atom. The van der Waals surface area contributed by atoms with Crippen LogP contribution >= 0.6 is 15.9 Å². The van der Waals surface area contributed by atoms with Gasteiger partial charge >= 0.3 is 0 Å². The predicted octanol–water partition coefficient (Wildman–Crippen LogP) is 3.55. The molecule has 0 radical (unpaired) electrons. The van der Waals surface area contributed by atoms with E-state index in [0.717, 1.165) is 27.6 Å². The predicted molar refractivity (Wildman–Crippen MR) is 80.8 cm³/mol. The van der Waals surface area contributed by atoms with Crippen molar-refractivity contribution in [2.75, 3.05) is 20.3 Å². The number of fused-ring (bicyclic) bond motifs is 1. The van der Waals surface area contributed by atoms with Gasteiger partial charge in [0.25, 0.3) is 0 Å². The van der Waals surface area contributed by atoms with E-state index in [4.69, 9.17) is 9.47 Å². The molecule has 0 aliphatic heterocycles. The topological polar surface area (TPSA) is 38.7 Å². The molecule has 3 unspecified atom stereocenters. The summed E-state index contributed by atoms with van der Waals surface area (Å²) in [6.07, 6.45) is 3.43. The fraction of sp³-hybridized carbons (Fsp3) is 0.625. The van der Waals surface area contributed by atoms with E-state index < -0.39 is 0 Å². The highest BCUT2D eigenvalue weighted by molar-refractivity contribution is 9.10. The number of benzene rings is 1. The van der Waals surface area contributed by atoms with E-state index in [1.165, 1.54) is 19.3 Å². The van der Waals surface area contributed by atoms with Crippen LogP contribution < -0.4 is 4.74 Å². The molecule has 2 fully saturated rings. The Kier molecular flexibility index (Phi) is 4.34. The first-order valence-corrected chi connectivity index (χ1v) is 8.07. The normalized spacial score (nSPS) is 29.1. The van der Waals surface area contributed by atoms with Crippen LogP contribution in [0.25, 0.3) is 0 Å². The van der Waals surface area contributed by atoms with Gasteiger partial charge in [-0.1, -0.05) is 6.07 Å². The zero-order valence-electron chi connectivity index (χ0n) is 11.7. The van der Waals surface area contributed by atoms with Gasteiger partial charge in [0.05, 0.1) is 17.2 Å². The molecule has 0 bridgehead atoms. The van der Waals surface area contributed by atoms with Gasteiger partial charge in [-0.3, -0.25) is 0 Å². The van der Waals surface area contributed by atoms with Crippen LogP contribution in [0, 0.1) is 17.8 Å². The second-order valence-corrected chi connectivity index (χ2v) is 6.82. The van der Waals surface area contributed by atoms with Crippen LogP contribution in [-0.4, -0.2) is 25.4 Å². The maximum atomic E-state index is 10.5. The van der Waals surface area contributed by atoms with E-state index in [0.29, 0.717) is 19.1 Å². The summed E-state index contributed by atoms with van der Waals surface area (Å²) in [6.45, 7) is 1.10. The molecule has 1 N–H and O–H groups in total. The summed E-state index contributed by atoms with van der Waals surface area (Å²) in [5.74, 6) is 3.03. The van der Waals surface area contributed by atoms with Crippen molar-refractivity contribution in [2.24, 2.45) is 17.8 Å². The Hall–Kier alpha value is -0.580. The maximum absolute atomic E-state index is 10.5. The summed E-state index contributed by atoms with van der Waals surface area (Å²) >= 11 is 3.52. The van der Waals surface area contributed by atoms with Gasteiger partial charge in [0.15, 0.2) is 0 Å². The minimum atomic E-state index is -0.341. The molecule has 3 rings (SSSR count). The van der Waals surface area contributed by atoms with E-state index in [-0.39, 0.29) is 6.10 Å². The second kappa shape index (κ2) is 6.04. The Morgan fingerprint density at radius 1 is 1.25 bits per heavy atom. The van der Waals surface area contributed by atoms with Crippen LogP contribution in [0.3, 0.4) is 0 Å². The van der Waals surface area contributed by atoms with Crippen molar-refractivity contribution in [3.05, 3.63) is 28.2 Å². The highest BCUT2D eigenvalue weighted by atomic mass is 79.9. The lowest BCUT2D eigenvalue weighted by molar-refractivity contribution is 0.104. The van der Waals surface area contributed by atoms with Crippen LogP contribution in [0.1, 0.15) is 30.9 Å². The van der Waals surface area contributed by atoms with E-state index in [9.17, 15) is 5.11 Å². The molecule has 0 heterocycles. The van der Waals surface area contributed by atoms with Gasteiger partial charge in [-0.15, -0.1) is 0 Å². The third-order valence-electron chi connectivity index (χ3n) is 4.57. The van der Waals surface area contributed by atoms with Crippen LogP contribution in [-0.2, 0) is 4.74 Å². The molecular weight excluding hydrogens is 320 g/mol. The molecular formula is C16H21BrO3. The third-order valence-corrected chi connectivity index (χ3v) is 5.19. The first kappa shape index (κ1) is 14.4. The molecule has 3 atom stereocenters. The SMILES string of the molecule is COCCOc1ccc(C(O)C2CC3CC3C2)cc1Br. The van der Waals surface area contributed by atoms with Gasteiger partial charge < -0.3 is 14.6 Å². The maximum Gasteiger partial charge on any atom is 0.133 e. The number of ether oxygens (including phenoxy) is 2. The molecule has 4 heteroatoms. The van der Waals surface area contributed by atoms with Crippen molar-refractivity contribution >= 4 is 15.9 Å². The summed E-state index contributed by atoms with van der Waals surface area (Å²) in [5, 5.41) is 10.5.